The normalized spacial score (nSPS) is 17.6. The molecule has 5 heteroatoms. The van der Waals surface area contributed by atoms with Gasteiger partial charge in [-0.25, -0.2) is 0 Å². The third-order valence-electron chi connectivity index (χ3n) is 4.07. The van der Waals surface area contributed by atoms with Crippen molar-refractivity contribution in [2.75, 3.05) is 0 Å². The lowest BCUT2D eigenvalue weighted by Gasteiger charge is -2.25. The van der Waals surface area contributed by atoms with Gasteiger partial charge in [0.2, 0.25) is 0 Å². The van der Waals surface area contributed by atoms with Gasteiger partial charge in [-0.05, 0) is 48.5 Å². The molecule has 2 heterocycles. The van der Waals surface area contributed by atoms with E-state index < -0.39 is 0 Å². The summed E-state index contributed by atoms with van der Waals surface area (Å²) in [6, 6.07) is 12.8. The third kappa shape index (κ3) is 2.17. The van der Waals surface area contributed by atoms with Crippen molar-refractivity contribution in [3.63, 3.8) is 0 Å². The molecule has 2 aromatic heterocycles. The van der Waals surface area contributed by atoms with E-state index in [1.54, 1.807) is 0 Å². The van der Waals surface area contributed by atoms with Crippen LogP contribution in [0.2, 0.25) is 0 Å². The van der Waals surface area contributed by atoms with Crippen molar-refractivity contribution >= 4 is 23.6 Å². The molecule has 0 aliphatic heterocycles. The van der Waals surface area contributed by atoms with Gasteiger partial charge in [0.25, 0.3) is 0 Å². The van der Waals surface area contributed by atoms with Crippen LogP contribution in [0, 0.1) is 4.77 Å². The molecule has 0 saturated heterocycles. The highest BCUT2D eigenvalue weighted by Gasteiger charge is 2.26. The third-order valence-corrected chi connectivity index (χ3v) is 5.35. The van der Waals surface area contributed by atoms with Crippen molar-refractivity contribution in [3.8, 4) is 11.4 Å². The molecule has 21 heavy (non-hydrogen) atoms. The zero-order valence-electron chi connectivity index (χ0n) is 11.5. The largest absolute Gasteiger partial charge is 0.292 e. The molecular formula is C16H15N3S2. The molecule has 0 fully saturated rings. The first kappa shape index (κ1) is 13.0. The van der Waals surface area contributed by atoms with Gasteiger partial charge in [-0.15, -0.1) is 11.3 Å². The van der Waals surface area contributed by atoms with Gasteiger partial charge in [0, 0.05) is 10.4 Å². The lowest BCUT2D eigenvalue weighted by molar-refractivity contribution is 0.493. The SMILES string of the molecule is S=c1[nH]nc(-c2ccccc2)n1C1CCCc2sccc21. The number of hydrogen-bond acceptors (Lipinski definition) is 3. The van der Waals surface area contributed by atoms with E-state index in [9.17, 15) is 0 Å². The van der Waals surface area contributed by atoms with E-state index in [4.69, 9.17) is 12.2 Å². The van der Waals surface area contributed by atoms with Crippen LogP contribution in [0.1, 0.15) is 29.3 Å². The summed E-state index contributed by atoms with van der Waals surface area (Å²) in [4.78, 5) is 1.49. The molecule has 1 aliphatic rings. The van der Waals surface area contributed by atoms with Gasteiger partial charge >= 0.3 is 0 Å². The quantitative estimate of drug-likeness (QED) is 0.702. The molecule has 1 aromatic carbocycles. The lowest BCUT2D eigenvalue weighted by atomic mass is 9.93. The highest BCUT2D eigenvalue weighted by atomic mass is 32.1. The Hall–Kier alpha value is -1.72. The standard InChI is InChI=1S/C16H15N3S2/c20-16-18-17-15(11-5-2-1-3-6-11)19(16)13-7-4-8-14-12(13)9-10-21-14/h1-3,5-6,9-10,13H,4,7-8H2,(H,18,20). The fourth-order valence-electron chi connectivity index (χ4n) is 3.11. The van der Waals surface area contributed by atoms with E-state index in [2.05, 4.69) is 38.3 Å². The second-order valence-corrected chi connectivity index (χ2v) is 6.68. The molecule has 0 saturated carbocycles. The fourth-order valence-corrected chi connectivity index (χ4v) is 4.36. The first-order valence-corrected chi connectivity index (χ1v) is 8.42. The fraction of sp³-hybridized carbons (Fsp3) is 0.250. The van der Waals surface area contributed by atoms with Crippen molar-refractivity contribution < 1.29 is 0 Å². The average molecular weight is 313 g/mol. The van der Waals surface area contributed by atoms with Gasteiger partial charge in [0.15, 0.2) is 10.6 Å². The number of thiophene rings is 1. The zero-order valence-corrected chi connectivity index (χ0v) is 13.1. The van der Waals surface area contributed by atoms with Gasteiger partial charge in [-0.1, -0.05) is 30.3 Å². The van der Waals surface area contributed by atoms with Crippen LogP contribution in [-0.4, -0.2) is 14.8 Å². The maximum absolute atomic E-state index is 5.50. The Balaban J connectivity index is 1.88. The Labute approximate surface area is 132 Å². The van der Waals surface area contributed by atoms with Gasteiger partial charge in [-0.2, -0.15) is 5.10 Å². The van der Waals surface area contributed by atoms with E-state index in [1.807, 2.05) is 29.5 Å². The lowest BCUT2D eigenvalue weighted by Crippen LogP contribution is -2.16. The van der Waals surface area contributed by atoms with Crippen molar-refractivity contribution in [2.24, 2.45) is 0 Å². The number of benzene rings is 1. The average Bonchev–Trinajstić information content (AvgIpc) is 3.14. The van der Waals surface area contributed by atoms with Crippen LogP contribution in [-0.2, 0) is 6.42 Å². The molecule has 3 nitrogen and oxygen atoms in total. The minimum absolute atomic E-state index is 0.307. The van der Waals surface area contributed by atoms with Gasteiger partial charge in [0.05, 0.1) is 6.04 Å². The van der Waals surface area contributed by atoms with Crippen LogP contribution in [0.25, 0.3) is 11.4 Å². The van der Waals surface area contributed by atoms with E-state index in [1.165, 1.54) is 23.3 Å². The number of rotatable bonds is 2. The smallest absolute Gasteiger partial charge is 0.196 e. The minimum atomic E-state index is 0.307. The van der Waals surface area contributed by atoms with Crippen molar-refractivity contribution in [2.45, 2.75) is 25.3 Å². The summed E-state index contributed by atoms with van der Waals surface area (Å²) >= 11 is 7.36. The molecule has 3 aromatic rings. The number of aryl methyl sites for hydroxylation is 1. The van der Waals surface area contributed by atoms with Gasteiger partial charge < -0.3 is 0 Å². The molecule has 0 bridgehead atoms. The van der Waals surface area contributed by atoms with Gasteiger partial charge in [-0.3, -0.25) is 9.67 Å². The zero-order chi connectivity index (χ0) is 14.2. The molecule has 1 atom stereocenters. The predicted octanol–water partition coefficient (Wildman–Crippen LogP) is 4.59. The summed E-state index contributed by atoms with van der Waals surface area (Å²) in [6.45, 7) is 0. The van der Waals surface area contributed by atoms with Crippen LogP contribution in [0.5, 0.6) is 0 Å². The summed E-state index contributed by atoms with van der Waals surface area (Å²) in [5, 5.41) is 9.63. The maximum Gasteiger partial charge on any atom is 0.196 e. The Morgan fingerprint density at radius 1 is 1.24 bits per heavy atom. The van der Waals surface area contributed by atoms with E-state index in [0.717, 1.165) is 17.8 Å². The van der Waals surface area contributed by atoms with E-state index in [0.29, 0.717) is 10.8 Å². The Morgan fingerprint density at radius 2 is 2.10 bits per heavy atom. The van der Waals surface area contributed by atoms with Crippen molar-refractivity contribution in [1.29, 1.82) is 0 Å². The topological polar surface area (TPSA) is 33.6 Å². The maximum atomic E-state index is 5.50. The molecule has 0 spiro atoms. The first-order valence-electron chi connectivity index (χ1n) is 7.13. The number of H-pyrrole nitrogens is 1. The molecular weight excluding hydrogens is 298 g/mol. The van der Waals surface area contributed by atoms with Crippen LogP contribution in [0.4, 0.5) is 0 Å². The van der Waals surface area contributed by atoms with Crippen molar-refractivity contribution in [3.05, 3.63) is 57.0 Å². The molecule has 106 valence electrons. The number of nitrogens with zero attached hydrogens (tertiary/aromatic N) is 2. The highest BCUT2D eigenvalue weighted by Crippen LogP contribution is 2.37. The van der Waals surface area contributed by atoms with Crippen LogP contribution < -0.4 is 0 Å². The summed E-state index contributed by atoms with van der Waals surface area (Å²) < 4.78 is 2.90. The highest BCUT2D eigenvalue weighted by molar-refractivity contribution is 7.71. The van der Waals surface area contributed by atoms with Crippen LogP contribution in [0.3, 0.4) is 0 Å². The number of hydrogen-bond donors (Lipinski definition) is 1. The second-order valence-electron chi connectivity index (χ2n) is 5.30. The monoisotopic (exact) mass is 313 g/mol. The van der Waals surface area contributed by atoms with Gasteiger partial charge in [0.1, 0.15) is 0 Å². The van der Waals surface area contributed by atoms with Crippen LogP contribution in [0.15, 0.2) is 41.8 Å². The minimum Gasteiger partial charge on any atom is -0.292 e. The van der Waals surface area contributed by atoms with E-state index in [-0.39, 0.29) is 0 Å². The summed E-state index contributed by atoms with van der Waals surface area (Å²) in [5.41, 5.74) is 2.52. The molecule has 0 radical (unpaired) electrons. The summed E-state index contributed by atoms with van der Waals surface area (Å²) in [7, 11) is 0. The molecule has 4 rings (SSSR count). The number of nitrogens with one attached hydrogen (secondary N) is 1. The summed E-state index contributed by atoms with van der Waals surface area (Å²) in [5.74, 6) is 0.935. The van der Waals surface area contributed by atoms with Crippen molar-refractivity contribution in [1.82, 2.24) is 14.8 Å². The Kier molecular flexibility index (Phi) is 3.24. The number of aromatic amines is 1. The molecule has 1 N–H and O–H groups in total. The second kappa shape index (κ2) is 5.24. The predicted molar refractivity (Wildman–Crippen MR) is 88.2 cm³/mol. The molecule has 1 unspecified atom stereocenters. The molecule has 0 amide bonds. The number of aromatic nitrogens is 3. The summed E-state index contributed by atoms with van der Waals surface area (Å²) in [6.07, 6.45) is 3.52. The molecule has 1 aliphatic carbocycles. The van der Waals surface area contributed by atoms with E-state index >= 15 is 0 Å². The number of fused-ring (bicyclic) bond motifs is 1. The first-order chi connectivity index (χ1) is 10.3. The Bertz CT molecular complexity index is 813. The Morgan fingerprint density at radius 3 is 2.95 bits per heavy atom. The van der Waals surface area contributed by atoms with Crippen LogP contribution >= 0.6 is 23.6 Å².